The Kier molecular flexibility index (Phi) is 6.33. The van der Waals surface area contributed by atoms with Crippen molar-refractivity contribution in [1.29, 1.82) is 0 Å². The number of amides is 1. The van der Waals surface area contributed by atoms with Crippen LogP contribution in [0.25, 0.3) is 0 Å². The molecule has 1 saturated heterocycles. The predicted octanol–water partition coefficient (Wildman–Crippen LogP) is 1.90. The Morgan fingerprint density at radius 1 is 1.14 bits per heavy atom. The third-order valence-corrected chi connectivity index (χ3v) is 6.18. The number of hydrogen-bond acceptors (Lipinski definition) is 7. The van der Waals surface area contributed by atoms with Gasteiger partial charge in [-0.05, 0) is 37.1 Å². The minimum Gasteiger partial charge on any atom is -0.376 e. The summed E-state index contributed by atoms with van der Waals surface area (Å²) in [7, 11) is 0.678. The van der Waals surface area contributed by atoms with Gasteiger partial charge in [0.15, 0.2) is 5.82 Å². The van der Waals surface area contributed by atoms with Crippen LogP contribution in [0.1, 0.15) is 12.8 Å². The molecular formula is C19H26N6O3S. The number of hydrogen-bond donors (Lipinski definition) is 2. The van der Waals surface area contributed by atoms with Crippen LogP contribution in [0.3, 0.4) is 0 Å². The van der Waals surface area contributed by atoms with Gasteiger partial charge in [0.2, 0.25) is 15.9 Å². The molecule has 0 atom stereocenters. The van der Waals surface area contributed by atoms with E-state index in [1.165, 1.54) is 10.6 Å². The maximum absolute atomic E-state index is 12.5. The minimum atomic E-state index is -3.19. The Hall–Kier alpha value is -2.72. The van der Waals surface area contributed by atoms with Gasteiger partial charge in [-0.1, -0.05) is 0 Å². The van der Waals surface area contributed by atoms with Crippen molar-refractivity contribution in [2.75, 3.05) is 49.0 Å². The van der Waals surface area contributed by atoms with E-state index in [-0.39, 0.29) is 11.8 Å². The molecule has 0 spiro atoms. The molecule has 1 aliphatic heterocycles. The van der Waals surface area contributed by atoms with E-state index in [1.54, 1.807) is 6.20 Å². The summed E-state index contributed by atoms with van der Waals surface area (Å²) < 4.78 is 24.6. The monoisotopic (exact) mass is 418 g/mol. The van der Waals surface area contributed by atoms with Crippen LogP contribution in [-0.4, -0.2) is 62.3 Å². The zero-order chi connectivity index (χ0) is 21.0. The summed E-state index contributed by atoms with van der Waals surface area (Å²) in [6, 6.07) is 9.23. The number of nitrogens with one attached hydrogen (secondary N) is 2. The molecule has 1 aliphatic rings. The lowest BCUT2D eigenvalue weighted by Crippen LogP contribution is -2.40. The van der Waals surface area contributed by atoms with Gasteiger partial charge in [0.05, 0.1) is 18.1 Å². The quantitative estimate of drug-likeness (QED) is 0.738. The van der Waals surface area contributed by atoms with E-state index in [0.717, 1.165) is 11.4 Å². The zero-order valence-corrected chi connectivity index (χ0v) is 17.6. The topological polar surface area (TPSA) is 108 Å². The summed E-state index contributed by atoms with van der Waals surface area (Å²) in [5, 5.41) is 14.1. The van der Waals surface area contributed by atoms with Gasteiger partial charge in [-0.25, -0.2) is 12.7 Å². The number of nitrogens with zero attached hydrogens (tertiary/aromatic N) is 4. The molecule has 9 nitrogen and oxygen atoms in total. The molecule has 1 amide bonds. The van der Waals surface area contributed by atoms with Gasteiger partial charge in [-0.3, -0.25) is 4.79 Å². The van der Waals surface area contributed by atoms with Crippen LogP contribution in [0, 0.1) is 5.92 Å². The Labute approximate surface area is 171 Å². The first-order chi connectivity index (χ1) is 13.7. The highest BCUT2D eigenvalue weighted by molar-refractivity contribution is 7.88. The molecule has 2 N–H and O–H groups in total. The van der Waals surface area contributed by atoms with Gasteiger partial charge in [-0.2, -0.15) is 5.10 Å². The Bertz CT molecular complexity index is 954. The molecule has 0 aliphatic carbocycles. The molecule has 1 fully saturated rings. The second-order valence-electron chi connectivity index (χ2n) is 7.32. The lowest BCUT2D eigenvalue weighted by Gasteiger charge is -2.29. The van der Waals surface area contributed by atoms with E-state index < -0.39 is 10.0 Å². The number of carbonyl (C=O) groups is 1. The first-order valence-electron chi connectivity index (χ1n) is 9.35. The molecule has 10 heteroatoms. The SMILES string of the molecule is CN(C)c1cnnc(Nc2ccc(NC(=O)C3CCN(S(C)(=O)=O)CC3)cc2)c1. The third kappa shape index (κ3) is 5.64. The van der Waals surface area contributed by atoms with Crippen molar-refractivity contribution in [3.05, 3.63) is 36.5 Å². The molecule has 0 radical (unpaired) electrons. The molecule has 2 heterocycles. The summed E-state index contributed by atoms with van der Waals surface area (Å²) >= 11 is 0. The molecule has 1 aromatic heterocycles. The van der Waals surface area contributed by atoms with Crippen LogP contribution >= 0.6 is 0 Å². The second kappa shape index (κ2) is 8.75. The van der Waals surface area contributed by atoms with Crippen molar-refractivity contribution in [3.63, 3.8) is 0 Å². The molecule has 0 unspecified atom stereocenters. The number of aromatic nitrogens is 2. The van der Waals surface area contributed by atoms with Crippen LogP contribution in [0.5, 0.6) is 0 Å². The fraction of sp³-hybridized carbons (Fsp3) is 0.421. The van der Waals surface area contributed by atoms with E-state index in [2.05, 4.69) is 20.8 Å². The van der Waals surface area contributed by atoms with E-state index in [4.69, 9.17) is 0 Å². The minimum absolute atomic E-state index is 0.0802. The van der Waals surface area contributed by atoms with Gasteiger partial charge >= 0.3 is 0 Å². The normalized spacial score (nSPS) is 15.7. The highest BCUT2D eigenvalue weighted by atomic mass is 32.2. The Morgan fingerprint density at radius 2 is 1.76 bits per heavy atom. The van der Waals surface area contributed by atoms with Gasteiger partial charge in [0.25, 0.3) is 0 Å². The van der Waals surface area contributed by atoms with E-state index >= 15 is 0 Å². The molecule has 29 heavy (non-hydrogen) atoms. The fourth-order valence-corrected chi connectivity index (χ4v) is 4.01. The lowest BCUT2D eigenvalue weighted by atomic mass is 9.97. The highest BCUT2D eigenvalue weighted by Gasteiger charge is 2.28. The lowest BCUT2D eigenvalue weighted by molar-refractivity contribution is -0.120. The molecule has 156 valence electrons. The average molecular weight is 419 g/mol. The first-order valence-corrected chi connectivity index (χ1v) is 11.2. The maximum atomic E-state index is 12.5. The van der Waals surface area contributed by atoms with Gasteiger partial charge in [-0.15, -0.1) is 5.10 Å². The Balaban J connectivity index is 1.55. The molecule has 1 aromatic carbocycles. The molecule has 0 bridgehead atoms. The molecule has 2 aromatic rings. The third-order valence-electron chi connectivity index (χ3n) is 4.88. The number of piperidine rings is 1. The van der Waals surface area contributed by atoms with Crippen LogP contribution in [-0.2, 0) is 14.8 Å². The first kappa shape index (κ1) is 21.0. The van der Waals surface area contributed by atoms with Crippen molar-refractivity contribution >= 4 is 38.8 Å². The largest absolute Gasteiger partial charge is 0.376 e. The van der Waals surface area contributed by atoms with Crippen molar-refractivity contribution in [2.45, 2.75) is 12.8 Å². The number of carbonyl (C=O) groups excluding carboxylic acids is 1. The summed E-state index contributed by atoms with van der Waals surface area (Å²) in [4.78, 5) is 14.4. The molecular weight excluding hydrogens is 392 g/mol. The van der Waals surface area contributed by atoms with Gasteiger partial charge < -0.3 is 15.5 Å². The average Bonchev–Trinajstić information content (AvgIpc) is 2.69. The van der Waals surface area contributed by atoms with Crippen LogP contribution in [0.4, 0.5) is 22.9 Å². The van der Waals surface area contributed by atoms with Gasteiger partial charge in [0.1, 0.15) is 0 Å². The number of anilines is 4. The van der Waals surface area contributed by atoms with Crippen molar-refractivity contribution in [1.82, 2.24) is 14.5 Å². The maximum Gasteiger partial charge on any atom is 0.227 e. The van der Waals surface area contributed by atoms with E-state index in [0.29, 0.717) is 37.4 Å². The fourth-order valence-electron chi connectivity index (χ4n) is 3.14. The van der Waals surface area contributed by atoms with Crippen molar-refractivity contribution < 1.29 is 13.2 Å². The van der Waals surface area contributed by atoms with Crippen LogP contribution < -0.4 is 15.5 Å². The molecule has 3 rings (SSSR count). The van der Waals surface area contributed by atoms with Crippen molar-refractivity contribution in [2.24, 2.45) is 5.92 Å². The Morgan fingerprint density at radius 3 is 2.34 bits per heavy atom. The smallest absolute Gasteiger partial charge is 0.227 e. The van der Waals surface area contributed by atoms with Crippen LogP contribution in [0.15, 0.2) is 36.5 Å². The number of benzene rings is 1. The number of sulfonamides is 1. The van der Waals surface area contributed by atoms with E-state index in [1.807, 2.05) is 49.3 Å². The standard InChI is InChI=1S/C19H26N6O3S/c1-24(2)17-12-18(23-20-13-17)21-15-4-6-16(7-5-15)22-19(26)14-8-10-25(11-9-14)29(3,27)28/h4-7,12-14H,8-11H2,1-3H3,(H,21,23)(H,22,26). The highest BCUT2D eigenvalue weighted by Crippen LogP contribution is 2.23. The van der Waals surface area contributed by atoms with E-state index in [9.17, 15) is 13.2 Å². The summed E-state index contributed by atoms with van der Waals surface area (Å²) in [6.45, 7) is 0.764. The number of rotatable bonds is 6. The summed E-state index contributed by atoms with van der Waals surface area (Å²) in [5.41, 5.74) is 2.46. The zero-order valence-electron chi connectivity index (χ0n) is 16.8. The van der Waals surface area contributed by atoms with Gasteiger partial charge in [0, 0.05) is 50.5 Å². The predicted molar refractivity (Wildman–Crippen MR) is 114 cm³/mol. The summed E-state index contributed by atoms with van der Waals surface area (Å²) in [6.07, 6.45) is 3.94. The molecule has 0 saturated carbocycles. The second-order valence-corrected chi connectivity index (χ2v) is 9.30. The van der Waals surface area contributed by atoms with Crippen LogP contribution in [0.2, 0.25) is 0 Å². The summed E-state index contributed by atoms with van der Waals surface area (Å²) in [5.74, 6) is 0.365. The van der Waals surface area contributed by atoms with Crippen molar-refractivity contribution in [3.8, 4) is 0 Å².